The fourth-order valence-electron chi connectivity index (χ4n) is 1.67. The van der Waals surface area contributed by atoms with Gasteiger partial charge in [0.05, 0.1) is 0 Å². The highest BCUT2D eigenvalue weighted by Gasteiger charge is 2.23. The maximum absolute atomic E-state index is 11.1. The van der Waals surface area contributed by atoms with Crippen molar-refractivity contribution in [2.24, 2.45) is 0 Å². The summed E-state index contributed by atoms with van der Waals surface area (Å²) in [5, 5.41) is 3.57. The first kappa shape index (κ1) is 11.0. The molecular weight excluding hydrogens is 228 g/mol. The summed E-state index contributed by atoms with van der Waals surface area (Å²) in [6.07, 6.45) is 3.37. The number of rotatable bonds is 3. The molecule has 1 unspecified atom stereocenters. The Labute approximate surface area is 97.9 Å². The van der Waals surface area contributed by atoms with Crippen LogP contribution < -0.4 is 4.90 Å². The Kier molecular flexibility index (Phi) is 3.31. The number of nitrogens with zero attached hydrogens (tertiary/aromatic N) is 2. The van der Waals surface area contributed by atoms with E-state index in [0.29, 0.717) is 5.69 Å². The minimum Gasteiger partial charge on any atom is -0.347 e. The number of hydrogen-bond acceptors (Lipinski definition) is 5. The molecule has 0 spiro atoms. The zero-order chi connectivity index (χ0) is 10.8. The normalized spacial score (nSPS) is 20.9. The van der Waals surface area contributed by atoms with Crippen molar-refractivity contribution >= 4 is 34.0 Å². The lowest BCUT2D eigenvalue weighted by Gasteiger charge is -2.13. The van der Waals surface area contributed by atoms with Gasteiger partial charge in [-0.15, -0.1) is 11.3 Å². The highest BCUT2D eigenvalue weighted by atomic mass is 32.2. The summed E-state index contributed by atoms with van der Waals surface area (Å²) in [6.45, 7) is 3.69. The summed E-state index contributed by atoms with van der Waals surface area (Å²) in [5.74, 6) is 0.0538. The number of carbonyl (C=O) groups is 1. The molecule has 0 radical (unpaired) electrons. The van der Waals surface area contributed by atoms with Gasteiger partial charge in [0, 0.05) is 30.6 Å². The first-order chi connectivity index (χ1) is 7.20. The van der Waals surface area contributed by atoms with Gasteiger partial charge < -0.3 is 4.90 Å². The van der Waals surface area contributed by atoms with E-state index in [9.17, 15) is 4.79 Å². The monoisotopic (exact) mass is 242 g/mol. The lowest BCUT2D eigenvalue weighted by Crippen LogP contribution is -2.20. The molecule has 2 rings (SSSR count). The first-order valence-electron chi connectivity index (χ1n) is 4.95. The van der Waals surface area contributed by atoms with E-state index >= 15 is 0 Å². The van der Waals surface area contributed by atoms with Crippen molar-refractivity contribution in [2.75, 3.05) is 24.2 Å². The highest BCUT2D eigenvalue weighted by molar-refractivity contribution is 7.99. The maximum atomic E-state index is 11.1. The van der Waals surface area contributed by atoms with Crippen LogP contribution in [0, 0.1) is 0 Å². The van der Waals surface area contributed by atoms with Crippen LogP contribution in [0.25, 0.3) is 0 Å². The Morgan fingerprint density at radius 1 is 1.73 bits per heavy atom. The fourth-order valence-corrected chi connectivity index (χ4v) is 3.24. The molecule has 2 heterocycles. The van der Waals surface area contributed by atoms with Crippen LogP contribution in [0.3, 0.4) is 0 Å². The average molecular weight is 242 g/mol. The maximum Gasteiger partial charge on any atom is 0.185 e. The Hall–Kier alpha value is -0.550. The molecule has 1 aliphatic rings. The zero-order valence-corrected chi connectivity index (χ0v) is 10.5. The van der Waals surface area contributed by atoms with Crippen molar-refractivity contribution < 1.29 is 4.79 Å². The number of anilines is 1. The molecular formula is C10H14N2OS2. The topological polar surface area (TPSA) is 33.2 Å². The Balaban J connectivity index is 2.07. The Morgan fingerprint density at radius 3 is 3.07 bits per heavy atom. The van der Waals surface area contributed by atoms with Gasteiger partial charge in [0.15, 0.2) is 10.9 Å². The summed E-state index contributed by atoms with van der Waals surface area (Å²) < 4.78 is 0. The molecule has 1 aliphatic heterocycles. The lowest BCUT2D eigenvalue weighted by atomic mass is 10.4. The quantitative estimate of drug-likeness (QED) is 0.761. The first-order valence-corrected chi connectivity index (χ1v) is 7.11. The van der Waals surface area contributed by atoms with Crippen LogP contribution in [0.5, 0.6) is 0 Å². The van der Waals surface area contributed by atoms with Crippen LogP contribution in [-0.2, 0) is 0 Å². The van der Waals surface area contributed by atoms with Crippen LogP contribution >= 0.6 is 23.1 Å². The van der Waals surface area contributed by atoms with E-state index in [-0.39, 0.29) is 5.78 Å². The number of carbonyl (C=O) groups excluding carboxylic acids is 1. The number of aromatic nitrogens is 1. The summed E-state index contributed by atoms with van der Waals surface area (Å²) in [6, 6.07) is 0. The van der Waals surface area contributed by atoms with Gasteiger partial charge >= 0.3 is 0 Å². The van der Waals surface area contributed by atoms with Gasteiger partial charge in [-0.1, -0.05) is 0 Å². The Morgan fingerprint density at radius 2 is 2.53 bits per heavy atom. The number of ketones is 1. The SMILES string of the molecule is CSC1CCN(c2nc(C(C)=O)cs2)C1. The van der Waals surface area contributed by atoms with Crippen molar-refractivity contribution in [1.29, 1.82) is 0 Å². The van der Waals surface area contributed by atoms with Gasteiger partial charge in [-0.3, -0.25) is 4.79 Å². The van der Waals surface area contributed by atoms with E-state index < -0.39 is 0 Å². The van der Waals surface area contributed by atoms with Gasteiger partial charge in [0.2, 0.25) is 0 Å². The second kappa shape index (κ2) is 4.53. The van der Waals surface area contributed by atoms with E-state index in [0.717, 1.165) is 23.5 Å². The molecule has 0 aromatic carbocycles. The molecule has 1 atom stereocenters. The number of thiazole rings is 1. The van der Waals surface area contributed by atoms with E-state index in [2.05, 4.69) is 16.1 Å². The zero-order valence-electron chi connectivity index (χ0n) is 8.90. The van der Waals surface area contributed by atoms with Crippen molar-refractivity contribution in [3.05, 3.63) is 11.1 Å². The van der Waals surface area contributed by atoms with Gasteiger partial charge in [-0.05, 0) is 12.7 Å². The van der Waals surface area contributed by atoms with Crippen LogP contribution in [0.1, 0.15) is 23.8 Å². The molecule has 5 heteroatoms. The number of Topliss-reactive ketones (excluding diaryl/α,β-unsaturated/α-hetero) is 1. The predicted octanol–water partition coefficient (Wildman–Crippen LogP) is 2.29. The molecule has 0 saturated carbocycles. The molecule has 0 N–H and O–H groups in total. The van der Waals surface area contributed by atoms with Crippen LogP contribution in [0.2, 0.25) is 0 Å². The van der Waals surface area contributed by atoms with Gasteiger partial charge in [-0.25, -0.2) is 4.98 Å². The van der Waals surface area contributed by atoms with Crippen LogP contribution in [0.4, 0.5) is 5.13 Å². The summed E-state index contributed by atoms with van der Waals surface area (Å²) in [4.78, 5) is 17.7. The minimum atomic E-state index is 0.0538. The highest BCUT2D eigenvalue weighted by Crippen LogP contribution is 2.28. The Bertz CT molecular complexity index is 364. The van der Waals surface area contributed by atoms with E-state index in [4.69, 9.17) is 0 Å². The van der Waals surface area contributed by atoms with Crippen molar-refractivity contribution in [3.63, 3.8) is 0 Å². The molecule has 0 amide bonds. The predicted molar refractivity (Wildman–Crippen MR) is 66.3 cm³/mol. The van der Waals surface area contributed by atoms with E-state index in [1.54, 1.807) is 18.3 Å². The lowest BCUT2D eigenvalue weighted by molar-refractivity contribution is 0.101. The van der Waals surface area contributed by atoms with Crippen molar-refractivity contribution in [1.82, 2.24) is 4.98 Å². The molecule has 0 aliphatic carbocycles. The van der Waals surface area contributed by atoms with E-state index in [1.165, 1.54) is 6.42 Å². The fraction of sp³-hybridized carbons (Fsp3) is 0.600. The molecule has 3 nitrogen and oxygen atoms in total. The van der Waals surface area contributed by atoms with Crippen molar-refractivity contribution in [3.8, 4) is 0 Å². The smallest absolute Gasteiger partial charge is 0.185 e. The standard InChI is InChI=1S/C10H14N2OS2/c1-7(13)9-6-15-10(11-9)12-4-3-8(5-12)14-2/h6,8H,3-5H2,1-2H3. The molecule has 1 aromatic rings. The third kappa shape index (κ3) is 2.34. The summed E-state index contributed by atoms with van der Waals surface area (Å²) in [7, 11) is 0. The van der Waals surface area contributed by atoms with Gasteiger partial charge in [0.1, 0.15) is 5.69 Å². The van der Waals surface area contributed by atoms with Crippen LogP contribution in [-0.4, -0.2) is 35.4 Å². The van der Waals surface area contributed by atoms with Crippen molar-refractivity contribution in [2.45, 2.75) is 18.6 Å². The molecule has 1 aromatic heterocycles. The second-order valence-corrected chi connectivity index (χ2v) is 5.64. The van der Waals surface area contributed by atoms with E-state index in [1.807, 2.05) is 17.1 Å². The second-order valence-electron chi connectivity index (χ2n) is 3.66. The molecule has 0 bridgehead atoms. The molecule has 15 heavy (non-hydrogen) atoms. The molecule has 1 fully saturated rings. The molecule has 82 valence electrons. The largest absolute Gasteiger partial charge is 0.347 e. The third-order valence-electron chi connectivity index (χ3n) is 2.60. The summed E-state index contributed by atoms with van der Waals surface area (Å²) >= 11 is 3.48. The van der Waals surface area contributed by atoms with Crippen LogP contribution in [0.15, 0.2) is 5.38 Å². The van der Waals surface area contributed by atoms with Gasteiger partial charge in [-0.2, -0.15) is 11.8 Å². The number of thioether (sulfide) groups is 1. The minimum absolute atomic E-state index is 0.0538. The average Bonchev–Trinajstić information content (AvgIpc) is 2.86. The summed E-state index contributed by atoms with van der Waals surface area (Å²) in [5.41, 5.74) is 0.600. The van der Waals surface area contributed by atoms with Gasteiger partial charge in [0.25, 0.3) is 0 Å². The number of hydrogen-bond donors (Lipinski definition) is 0. The third-order valence-corrected chi connectivity index (χ3v) is 4.55. The molecule has 1 saturated heterocycles.